The maximum atomic E-state index is 2.49. The molecule has 0 spiro atoms. The van der Waals surface area contributed by atoms with Crippen molar-refractivity contribution in [3.05, 3.63) is 199 Å². The summed E-state index contributed by atoms with van der Waals surface area (Å²) in [7, 11) is 0. The number of benzene rings is 5. The fraction of sp³-hybridized carbons (Fsp3) is 0.0909. The lowest BCUT2D eigenvalue weighted by molar-refractivity contribution is 0.640. The van der Waals surface area contributed by atoms with Gasteiger partial charge >= 0.3 is 0 Å². The van der Waals surface area contributed by atoms with Crippen LogP contribution in [0.2, 0.25) is 0 Å². The summed E-state index contributed by atoms with van der Waals surface area (Å²) in [6, 6.07) is 48.9. The van der Waals surface area contributed by atoms with Crippen LogP contribution in [-0.4, -0.2) is 6.04 Å². The van der Waals surface area contributed by atoms with Gasteiger partial charge in [0.1, 0.15) is 0 Å². The third-order valence-corrected chi connectivity index (χ3v) is 9.38. The Bertz CT molecular complexity index is 1960. The Morgan fingerprint density at radius 2 is 1.07 bits per heavy atom. The van der Waals surface area contributed by atoms with E-state index in [1.807, 2.05) is 0 Å². The molecule has 0 aliphatic heterocycles. The zero-order valence-electron chi connectivity index (χ0n) is 25.7. The minimum atomic E-state index is 0.192. The van der Waals surface area contributed by atoms with E-state index >= 15 is 0 Å². The summed E-state index contributed by atoms with van der Waals surface area (Å²) in [6.07, 6.45) is 21.2. The number of allylic oxidation sites excluding steroid dienone is 5. The topological polar surface area (TPSA) is 6.48 Å². The first kappa shape index (κ1) is 27.9. The lowest BCUT2D eigenvalue weighted by Crippen LogP contribution is -2.37. The Morgan fingerprint density at radius 3 is 1.76 bits per heavy atom. The molecule has 3 atom stereocenters. The highest BCUT2D eigenvalue weighted by atomic mass is 15.2. The van der Waals surface area contributed by atoms with Crippen molar-refractivity contribution >= 4 is 28.8 Å². The van der Waals surface area contributed by atoms with E-state index in [9.17, 15) is 0 Å². The molecule has 46 heavy (non-hydrogen) atoms. The van der Waals surface area contributed by atoms with Crippen LogP contribution in [0.25, 0.3) is 17.2 Å². The van der Waals surface area contributed by atoms with Gasteiger partial charge in [0.25, 0.3) is 0 Å². The summed E-state index contributed by atoms with van der Waals surface area (Å²) in [5, 5.41) is 0. The number of fused-ring (bicyclic) bond motifs is 2. The van der Waals surface area contributed by atoms with Crippen LogP contribution in [0.4, 0.5) is 22.7 Å². The van der Waals surface area contributed by atoms with Crippen LogP contribution in [0, 0.1) is 5.92 Å². The molecule has 0 saturated carbocycles. The molecule has 2 heteroatoms. The predicted octanol–water partition coefficient (Wildman–Crippen LogP) is 11.4. The number of nitrogens with zero attached hydrogens (tertiary/aromatic N) is 2. The number of anilines is 4. The van der Waals surface area contributed by atoms with E-state index in [1.165, 1.54) is 50.6 Å². The van der Waals surface area contributed by atoms with Crippen LogP contribution in [0.5, 0.6) is 0 Å². The molecule has 0 bridgehead atoms. The standard InChI is InChI=1S/C44H36N2/c1-3-17-37(18-4-1)45(43-23-11-15-35-13-7-9-21-41(35)43)39-29-25-33(26-30-39)34-27-31-40(32-28-34)46(38-19-5-2-6-20-38)44-24-12-16-36-14-8-10-22-42(36)44/h1-23,25-32,41,43-44H,24H2. The minimum Gasteiger partial charge on any atom is -0.334 e. The summed E-state index contributed by atoms with van der Waals surface area (Å²) in [4.78, 5) is 4.96. The van der Waals surface area contributed by atoms with Crippen LogP contribution < -0.4 is 9.80 Å². The molecule has 3 aliphatic carbocycles. The lowest BCUT2D eigenvalue weighted by Gasteiger charge is -2.38. The van der Waals surface area contributed by atoms with Gasteiger partial charge in [0.05, 0.1) is 12.1 Å². The van der Waals surface area contributed by atoms with Crippen molar-refractivity contribution < 1.29 is 0 Å². The molecule has 5 aromatic carbocycles. The SMILES string of the molecule is C1=CC2=CC=CC(N(c3ccccc3)c3ccc(-c4ccc(N(c5ccccc5)C5CC=Cc6ccccc65)cc4)cc3)C2C=C1. The highest BCUT2D eigenvalue weighted by Gasteiger charge is 2.30. The van der Waals surface area contributed by atoms with Crippen LogP contribution in [0.15, 0.2) is 188 Å². The van der Waals surface area contributed by atoms with Crippen LogP contribution in [0.1, 0.15) is 23.6 Å². The van der Waals surface area contributed by atoms with Crippen molar-refractivity contribution in [2.75, 3.05) is 9.80 Å². The Labute approximate surface area is 272 Å². The number of para-hydroxylation sites is 2. The largest absolute Gasteiger partial charge is 0.334 e. The summed E-state index contributed by atoms with van der Waals surface area (Å²) < 4.78 is 0. The van der Waals surface area contributed by atoms with E-state index in [0.29, 0.717) is 5.92 Å². The Hall–Kier alpha value is -5.60. The van der Waals surface area contributed by atoms with Gasteiger partial charge in [0, 0.05) is 28.7 Å². The molecular weight excluding hydrogens is 556 g/mol. The van der Waals surface area contributed by atoms with E-state index in [0.717, 1.165) is 6.42 Å². The second kappa shape index (κ2) is 12.4. The quantitative estimate of drug-likeness (QED) is 0.185. The summed E-state index contributed by atoms with van der Waals surface area (Å²) >= 11 is 0. The van der Waals surface area contributed by atoms with Crippen molar-refractivity contribution in [3.63, 3.8) is 0 Å². The molecule has 0 amide bonds. The fourth-order valence-electron chi connectivity index (χ4n) is 7.17. The molecular formula is C44H36N2. The molecule has 222 valence electrons. The average molecular weight is 593 g/mol. The van der Waals surface area contributed by atoms with Crippen LogP contribution >= 0.6 is 0 Å². The number of hydrogen-bond donors (Lipinski definition) is 0. The van der Waals surface area contributed by atoms with Gasteiger partial charge in [-0.2, -0.15) is 0 Å². The predicted molar refractivity (Wildman–Crippen MR) is 195 cm³/mol. The van der Waals surface area contributed by atoms with Crippen molar-refractivity contribution in [2.45, 2.75) is 18.5 Å². The first-order valence-electron chi connectivity index (χ1n) is 16.2. The summed E-state index contributed by atoms with van der Waals surface area (Å²) in [5.74, 6) is 0.307. The monoisotopic (exact) mass is 592 g/mol. The van der Waals surface area contributed by atoms with Gasteiger partial charge in [0.15, 0.2) is 0 Å². The minimum absolute atomic E-state index is 0.192. The Kier molecular flexibility index (Phi) is 7.54. The van der Waals surface area contributed by atoms with Crippen molar-refractivity contribution in [1.29, 1.82) is 0 Å². The molecule has 8 rings (SSSR count). The van der Waals surface area contributed by atoms with E-state index in [-0.39, 0.29) is 12.1 Å². The fourth-order valence-corrected chi connectivity index (χ4v) is 7.17. The van der Waals surface area contributed by atoms with E-state index in [4.69, 9.17) is 0 Å². The second-order valence-electron chi connectivity index (χ2n) is 12.1. The molecule has 0 N–H and O–H groups in total. The van der Waals surface area contributed by atoms with Crippen molar-refractivity contribution in [3.8, 4) is 11.1 Å². The molecule has 0 fully saturated rings. The summed E-state index contributed by atoms with van der Waals surface area (Å²) in [6.45, 7) is 0. The van der Waals surface area contributed by atoms with E-state index < -0.39 is 0 Å². The molecule has 0 radical (unpaired) electrons. The average Bonchev–Trinajstić information content (AvgIpc) is 3.14. The first-order valence-corrected chi connectivity index (χ1v) is 16.2. The maximum Gasteiger partial charge on any atom is 0.0631 e. The van der Waals surface area contributed by atoms with Gasteiger partial charge in [-0.3, -0.25) is 0 Å². The van der Waals surface area contributed by atoms with Gasteiger partial charge < -0.3 is 9.80 Å². The smallest absolute Gasteiger partial charge is 0.0631 e. The molecule has 2 nitrogen and oxygen atoms in total. The number of hydrogen-bond acceptors (Lipinski definition) is 2. The van der Waals surface area contributed by atoms with Gasteiger partial charge in [-0.05, 0) is 82.8 Å². The highest BCUT2D eigenvalue weighted by molar-refractivity contribution is 5.75. The highest BCUT2D eigenvalue weighted by Crippen LogP contribution is 2.42. The van der Waals surface area contributed by atoms with Crippen LogP contribution in [-0.2, 0) is 0 Å². The lowest BCUT2D eigenvalue weighted by atomic mass is 9.83. The second-order valence-corrected chi connectivity index (χ2v) is 12.1. The molecule has 3 unspecified atom stereocenters. The van der Waals surface area contributed by atoms with Crippen LogP contribution in [0.3, 0.4) is 0 Å². The zero-order valence-corrected chi connectivity index (χ0v) is 25.7. The molecule has 0 aromatic heterocycles. The molecule has 3 aliphatic rings. The summed E-state index contributed by atoms with van der Waals surface area (Å²) in [5.41, 5.74) is 11.2. The Balaban J connectivity index is 1.11. The van der Waals surface area contributed by atoms with Gasteiger partial charge in [0.2, 0.25) is 0 Å². The molecule has 0 saturated heterocycles. The van der Waals surface area contributed by atoms with Crippen molar-refractivity contribution in [1.82, 2.24) is 0 Å². The third-order valence-electron chi connectivity index (χ3n) is 9.38. The zero-order chi connectivity index (χ0) is 30.7. The van der Waals surface area contributed by atoms with Crippen molar-refractivity contribution in [2.24, 2.45) is 5.92 Å². The molecule has 0 heterocycles. The van der Waals surface area contributed by atoms with E-state index in [1.54, 1.807) is 0 Å². The third kappa shape index (κ3) is 5.33. The Morgan fingerprint density at radius 1 is 0.478 bits per heavy atom. The molecule has 5 aromatic rings. The first-order chi connectivity index (χ1) is 22.8. The van der Waals surface area contributed by atoms with E-state index in [2.05, 4.69) is 198 Å². The van der Waals surface area contributed by atoms with Gasteiger partial charge in [-0.25, -0.2) is 0 Å². The normalized spacial score (nSPS) is 19.2. The number of rotatable bonds is 7. The van der Waals surface area contributed by atoms with Gasteiger partial charge in [-0.15, -0.1) is 0 Å². The van der Waals surface area contributed by atoms with Gasteiger partial charge in [-0.1, -0.05) is 140 Å². The maximum absolute atomic E-state index is 2.49.